The van der Waals surface area contributed by atoms with Gasteiger partial charge in [-0.3, -0.25) is 14.4 Å². The second-order valence-corrected chi connectivity index (χ2v) is 4.46. The SMILES string of the molecule is COC(=O)CCCCCCCC(=O)CCC(=O)OC. The van der Waals surface area contributed by atoms with Gasteiger partial charge in [0.2, 0.25) is 0 Å². The van der Waals surface area contributed by atoms with Crippen molar-refractivity contribution in [3.63, 3.8) is 0 Å². The molecular weight excluding hydrogens is 248 g/mol. The van der Waals surface area contributed by atoms with Gasteiger partial charge in [0.05, 0.1) is 20.6 Å². The third-order valence-corrected chi connectivity index (χ3v) is 2.90. The van der Waals surface area contributed by atoms with Crippen molar-refractivity contribution in [2.45, 2.75) is 57.8 Å². The average Bonchev–Trinajstić information content (AvgIpc) is 2.43. The van der Waals surface area contributed by atoms with E-state index in [1.807, 2.05) is 0 Å². The number of unbranched alkanes of at least 4 members (excludes halogenated alkanes) is 4. The van der Waals surface area contributed by atoms with E-state index in [1.165, 1.54) is 14.2 Å². The van der Waals surface area contributed by atoms with Crippen LogP contribution in [0, 0.1) is 0 Å². The molecule has 0 bridgehead atoms. The lowest BCUT2D eigenvalue weighted by Gasteiger charge is -2.02. The Kier molecular flexibility index (Phi) is 10.8. The highest BCUT2D eigenvalue weighted by Crippen LogP contribution is 2.09. The number of Topliss-reactive ketones (excluding diaryl/α,β-unsaturated/α-hetero) is 1. The Labute approximate surface area is 114 Å². The van der Waals surface area contributed by atoms with Crippen molar-refractivity contribution in [1.82, 2.24) is 0 Å². The number of ketones is 1. The van der Waals surface area contributed by atoms with Gasteiger partial charge in [0.15, 0.2) is 0 Å². The van der Waals surface area contributed by atoms with Crippen LogP contribution in [0.2, 0.25) is 0 Å². The van der Waals surface area contributed by atoms with Crippen LogP contribution in [0.5, 0.6) is 0 Å². The van der Waals surface area contributed by atoms with E-state index in [9.17, 15) is 14.4 Å². The van der Waals surface area contributed by atoms with Crippen LogP contribution in [0.3, 0.4) is 0 Å². The molecule has 0 radical (unpaired) electrons. The lowest BCUT2D eigenvalue weighted by atomic mass is 10.1. The Hall–Kier alpha value is -1.39. The summed E-state index contributed by atoms with van der Waals surface area (Å²) in [5.74, 6) is -0.394. The van der Waals surface area contributed by atoms with Crippen LogP contribution in [-0.4, -0.2) is 31.9 Å². The van der Waals surface area contributed by atoms with Gasteiger partial charge in [-0.2, -0.15) is 0 Å². The quantitative estimate of drug-likeness (QED) is 0.427. The molecule has 0 aliphatic rings. The molecule has 0 fully saturated rings. The average molecular weight is 272 g/mol. The van der Waals surface area contributed by atoms with Gasteiger partial charge in [-0.1, -0.05) is 19.3 Å². The van der Waals surface area contributed by atoms with Gasteiger partial charge in [0, 0.05) is 19.3 Å². The number of carbonyl (C=O) groups excluding carboxylic acids is 3. The number of hydrogen-bond donors (Lipinski definition) is 0. The molecule has 0 aromatic carbocycles. The van der Waals surface area contributed by atoms with Gasteiger partial charge in [0.25, 0.3) is 0 Å². The molecule has 0 atom stereocenters. The Balaban J connectivity index is 3.32. The summed E-state index contributed by atoms with van der Waals surface area (Å²) in [6.45, 7) is 0. The van der Waals surface area contributed by atoms with E-state index in [2.05, 4.69) is 9.47 Å². The van der Waals surface area contributed by atoms with E-state index < -0.39 is 0 Å². The fourth-order valence-corrected chi connectivity index (χ4v) is 1.69. The molecule has 110 valence electrons. The monoisotopic (exact) mass is 272 g/mol. The Morgan fingerprint density at radius 3 is 1.68 bits per heavy atom. The second-order valence-electron chi connectivity index (χ2n) is 4.46. The predicted octanol–water partition coefficient (Wildman–Crippen LogP) is 2.41. The number of methoxy groups -OCH3 is 2. The zero-order valence-electron chi connectivity index (χ0n) is 11.9. The van der Waals surface area contributed by atoms with E-state index >= 15 is 0 Å². The molecule has 5 heteroatoms. The number of rotatable bonds is 11. The van der Waals surface area contributed by atoms with Crippen LogP contribution in [0.25, 0.3) is 0 Å². The zero-order chi connectivity index (χ0) is 14.5. The van der Waals surface area contributed by atoms with Crippen molar-refractivity contribution in [3.05, 3.63) is 0 Å². The molecule has 0 N–H and O–H groups in total. The molecule has 0 saturated carbocycles. The normalized spacial score (nSPS) is 10.0. The highest BCUT2D eigenvalue weighted by Gasteiger charge is 2.06. The third-order valence-electron chi connectivity index (χ3n) is 2.90. The topological polar surface area (TPSA) is 69.7 Å². The molecule has 19 heavy (non-hydrogen) atoms. The van der Waals surface area contributed by atoms with Crippen LogP contribution in [-0.2, 0) is 23.9 Å². The minimum absolute atomic E-state index is 0.111. The smallest absolute Gasteiger partial charge is 0.305 e. The molecule has 0 unspecified atom stereocenters. The zero-order valence-corrected chi connectivity index (χ0v) is 11.9. The van der Waals surface area contributed by atoms with Crippen LogP contribution in [0.4, 0.5) is 0 Å². The van der Waals surface area contributed by atoms with Gasteiger partial charge >= 0.3 is 11.9 Å². The minimum atomic E-state index is -0.337. The maximum Gasteiger partial charge on any atom is 0.305 e. The molecule has 0 amide bonds. The van der Waals surface area contributed by atoms with E-state index in [4.69, 9.17) is 0 Å². The highest BCUT2D eigenvalue weighted by molar-refractivity contribution is 5.82. The molecule has 0 aliphatic heterocycles. The van der Waals surface area contributed by atoms with Crippen LogP contribution in [0.1, 0.15) is 57.8 Å². The van der Waals surface area contributed by atoms with E-state index in [1.54, 1.807) is 0 Å². The summed E-state index contributed by atoms with van der Waals surface area (Å²) in [4.78, 5) is 33.1. The first kappa shape index (κ1) is 17.6. The molecule has 0 aliphatic carbocycles. The van der Waals surface area contributed by atoms with E-state index in [0.717, 1.165) is 32.1 Å². The molecule has 0 rings (SSSR count). The number of hydrogen-bond acceptors (Lipinski definition) is 5. The highest BCUT2D eigenvalue weighted by atomic mass is 16.5. The van der Waals surface area contributed by atoms with Gasteiger partial charge in [-0.25, -0.2) is 0 Å². The predicted molar refractivity (Wildman–Crippen MR) is 70.6 cm³/mol. The first-order chi connectivity index (χ1) is 9.10. The Morgan fingerprint density at radius 1 is 0.632 bits per heavy atom. The lowest BCUT2D eigenvalue weighted by Crippen LogP contribution is -2.05. The molecule has 5 nitrogen and oxygen atoms in total. The van der Waals surface area contributed by atoms with Gasteiger partial charge in [-0.15, -0.1) is 0 Å². The van der Waals surface area contributed by atoms with Crippen LogP contribution in [0.15, 0.2) is 0 Å². The number of carbonyl (C=O) groups is 3. The standard InChI is InChI=1S/C14H24O5/c1-18-13(16)9-7-5-3-4-6-8-12(15)10-11-14(17)19-2/h3-11H2,1-2H3. The van der Waals surface area contributed by atoms with Crippen molar-refractivity contribution in [2.24, 2.45) is 0 Å². The summed E-state index contributed by atoms with van der Waals surface area (Å²) < 4.78 is 9.01. The fourth-order valence-electron chi connectivity index (χ4n) is 1.69. The summed E-state index contributed by atoms with van der Waals surface area (Å²) in [6.07, 6.45) is 6.09. The Morgan fingerprint density at radius 2 is 1.11 bits per heavy atom. The first-order valence-electron chi connectivity index (χ1n) is 6.75. The molecule has 0 aromatic heterocycles. The summed E-state index contributed by atoms with van der Waals surface area (Å²) in [6, 6.07) is 0. The molecule has 0 saturated heterocycles. The molecule has 0 aromatic rings. The fraction of sp³-hybridized carbons (Fsp3) is 0.786. The molecule has 0 heterocycles. The summed E-state index contributed by atoms with van der Waals surface area (Å²) in [7, 11) is 2.71. The summed E-state index contributed by atoms with van der Waals surface area (Å²) in [5.41, 5.74) is 0. The largest absolute Gasteiger partial charge is 0.469 e. The summed E-state index contributed by atoms with van der Waals surface area (Å²) in [5, 5.41) is 0. The van der Waals surface area contributed by atoms with E-state index in [0.29, 0.717) is 12.8 Å². The van der Waals surface area contributed by atoms with Crippen molar-refractivity contribution < 1.29 is 23.9 Å². The van der Waals surface area contributed by atoms with Crippen molar-refractivity contribution in [3.8, 4) is 0 Å². The van der Waals surface area contributed by atoms with Crippen molar-refractivity contribution in [2.75, 3.05) is 14.2 Å². The van der Waals surface area contributed by atoms with E-state index in [-0.39, 0.29) is 30.6 Å². The Bertz CT molecular complexity index is 286. The maximum atomic E-state index is 11.4. The van der Waals surface area contributed by atoms with Crippen LogP contribution < -0.4 is 0 Å². The number of esters is 2. The molecule has 0 spiro atoms. The number of ether oxygens (including phenoxy) is 2. The summed E-state index contributed by atoms with van der Waals surface area (Å²) >= 11 is 0. The molecular formula is C14H24O5. The maximum absolute atomic E-state index is 11.4. The van der Waals surface area contributed by atoms with Gasteiger partial charge < -0.3 is 9.47 Å². The van der Waals surface area contributed by atoms with Crippen molar-refractivity contribution >= 4 is 17.7 Å². The third kappa shape index (κ3) is 11.4. The lowest BCUT2D eigenvalue weighted by molar-refractivity contribution is -0.142. The van der Waals surface area contributed by atoms with Gasteiger partial charge in [-0.05, 0) is 12.8 Å². The minimum Gasteiger partial charge on any atom is -0.469 e. The van der Waals surface area contributed by atoms with Crippen molar-refractivity contribution in [1.29, 1.82) is 0 Å². The van der Waals surface area contributed by atoms with Crippen LogP contribution >= 0.6 is 0 Å². The van der Waals surface area contributed by atoms with Gasteiger partial charge in [0.1, 0.15) is 5.78 Å². The second kappa shape index (κ2) is 11.7. The first-order valence-corrected chi connectivity index (χ1v) is 6.75.